The van der Waals surface area contributed by atoms with Crippen molar-refractivity contribution in [3.05, 3.63) is 36.5 Å². The van der Waals surface area contributed by atoms with E-state index in [9.17, 15) is 14.4 Å². The molecule has 1 fully saturated rings. The number of aldehydes is 1. The highest BCUT2D eigenvalue weighted by molar-refractivity contribution is 5.83. The normalized spacial score (nSPS) is 27.4. The molecule has 1 saturated heterocycles. The molecule has 0 bridgehead atoms. The van der Waals surface area contributed by atoms with Gasteiger partial charge in [-0.2, -0.15) is 0 Å². The maximum Gasteiger partial charge on any atom is 0.330 e. The number of ether oxygens (including phenoxy) is 4. The SMILES string of the molecule is C=CC[C@@H]1C/C(=C\C(=O)OC)[C@H](OC(C)=O)[C@](OC)(C(C)(C)/C=C/C=O)O1. The van der Waals surface area contributed by atoms with Crippen LogP contribution < -0.4 is 0 Å². The quantitative estimate of drug-likeness (QED) is 0.277. The first kappa shape index (κ1) is 22.8. The molecule has 0 radical (unpaired) electrons. The fraction of sp³-hybridized carbons (Fsp3) is 0.550. The van der Waals surface area contributed by atoms with Crippen LogP contribution in [0.15, 0.2) is 36.5 Å². The predicted molar refractivity (Wildman–Crippen MR) is 98.7 cm³/mol. The lowest BCUT2D eigenvalue weighted by molar-refractivity contribution is -0.335. The summed E-state index contributed by atoms with van der Waals surface area (Å²) in [4.78, 5) is 34.6. The summed E-state index contributed by atoms with van der Waals surface area (Å²) >= 11 is 0. The summed E-state index contributed by atoms with van der Waals surface area (Å²) in [5.74, 6) is -2.60. The Morgan fingerprint density at radius 1 is 1.37 bits per heavy atom. The van der Waals surface area contributed by atoms with Crippen LogP contribution in [0.3, 0.4) is 0 Å². The maximum absolute atomic E-state index is 11.9. The smallest absolute Gasteiger partial charge is 0.330 e. The van der Waals surface area contributed by atoms with E-state index in [2.05, 4.69) is 6.58 Å². The van der Waals surface area contributed by atoms with Crippen LogP contribution >= 0.6 is 0 Å². The van der Waals surface area contributed by atoms with E-state index in [4.69, 9.17) is 18.9 Å². The second kappa shape index (κ2) is 9.62. The average molecular weight is 380 g/mol. The molecule has 0 spiro atoms. The molecule has 3 atom stereocenters. The van der Waals surface area contributed by atoms with Crippen LogP contribution in [0.25, 0.3) is 0 Å². The topological polar surface area (TPSA) is 88.1 Å². The molecule has 1 aliphatic rings. The second-order valence-electron chi connectivity index (χ2n) is 6.79. The number of hydrogen-bond acceptors (Lipinski definition) is 7. The summed E-state index contributed by atoms with van der Waals surface area (Å²) in [5, 5.41) is 0. The van der Waals surface area contributed by atoms with Gasteiger partial charge in [0.25, 0.3) is 0 Å². The third-order valence-corrected chi connectivity index (χ3v) is 4.50. The molecule has 27 heavy (non-hydrogen) atoms. The van der Waals surface area contributed by atoms with Gasteiger partial charge in [0.2, 0.25) is 5.79 Å². The molecule has 0 unspecified atom stereocenters. The molecule has 0 aromatic rings. The first-order chi connectivity index (χ1) is 12.7. The Morgan fingerprint density at radius 3 is 2.52 bits per heavy atom. The number of methoxy groups -OCH3 is 2. The molecule has 0 N–H and O–H groups in total. The van der Waals surface area contributed by atoms with Crippen molar-refractivity contribution in [2.75, 3.05) is 14.2 Å². The van der Waals surface area contributed by atoms with Gasteiger partial charge in [-0.25, -0.2) is 4.79 Å². The largest absolute Gasteiger partial charge is 0.466 e. The molecule has 0 aromatic heterocycles. The second-order valence-corrected chi connectivity index (χ2v) is 6.79. The lowest BCUT2D eigenvalue weighted by Gasteiger charge is -2.52. The fourth-order valence-electron chi connectivity index (χ4n) is 3.25. The molecular formula is C20H28O7. The van der Waals surface area contributed by atoms with E-state index in [1.807, 2.05) is 0 Å². The van der Waals surface area contributed by atoms with Crippen molar-refractivity contribution in [2.45, 2.75) is 51.6 Å². The van der Waals surface area contributed by atoms with Crippen LogP contribution in [0.1, 0.15) is 33.6 Å². The number of allylic oxidation sites excluding steroid dienone is 1. The van der Waals surface area contributed by atoms with Crippen molar-refractivity contribution in [1.82, 2.24) is 0 Å². The molecule has 150 valence electrons. The molecule has 1 heterocycles. The summed E-state index contributed by atoms with van der Waals surface area (Å²) in [6.45, 7) is 8.58. The van der Waals surface area contributed by atoms with E-state index in [0.29, 0.717) is 24.7 Å². The van der Waals surface area contributed by atoms with Crippen molar-refractivity contribution in [2.24, 2.45) is 5.41 Å². The van der Waals surface area contributed by atoms with Gasteiger partial charge in [-0.3, -0.25) is 9.59 Å². The third-order valence-electron chi connectivity index (χ3n) is 4.50. The Bertz CT molecular complexity index is 632. The maximum atomic E-state index is 11.9. The highest BCUT2D eigenvalue weighted by Crippen LogP contribution is 2.48. The lowest BCUT2D eigenvalue weighted by atomic mass is 9.74. The third kappa shape index (κ3) is 5.14. The number of rotatable bonds is 8. The Labute approximate surface area is 160 Å². The van der Waals surface area contributed by atoms with Crippen LogP contribution in [-0.4, -0.2) is 50.4 Å². The van der Waals surface area contributed by atoms with Crippen LogP contribution in [0.4, 0.5) is 0 Å². The molecule has 7 heteroatoms. The summed E-state index contributed by atoms with van der Waals surface area (Å²) in [6.07, 6.45) is 6.02. The minimum absolute atomic E-state index is 0.331. The zero-order chi connectivity index (χ0) is 20.7. The average Bonchev–Trinajstić information content (AvgIpc) is 2.61. The van der Waals surface area contributed by atoms with Crippen molar-refractivity contribution in [3.63, 3.8) is 0 Å². The molecular weight excluding hydrogens is 352 g/mol. The highest BCUT2D eigenvalue weighted by atomic mass is 16.7. The van der Waals surface area contributed by atoms with Crippen molar-refractivity contribution < 1.29 is 33.3 Å². The van der Waals surface area contributed by atoms with E-state index < -0.39 is 29.2 Å². The van der Waals surface area contributed by atoms with E-state index >= 15 is 0 Å². The molecule has 1 rings (SSSR count). The van der Waals surface area contributed by atoms with E-state index in [-0.39, 0.29) is 6.10 Å². The Morgan fingerprint density at radius 2 is 2.04 bits per heavy atom. The summed E-state index contributed by atoms with van der Waals surface area (Å²) in [6, 6.07) is 0. The van der Waals surface area contributed by atoms with Gasteiger partial charge in [-0.15, -0.1) is 6.58 Å². The zero-order valence-corrected chi connectivity index (χ0v) is 16.5. The number of hydrogen-bond donors (Lipinski definition) is 0. The fourth-order valence-corrected chi connectivity index (χ4v) is 3.25. The van der Waals surface area contributed by atoms with E-state index in [1.54, 1.807) is 26.0 Å². The van der Waals surface area contributed by atoms with Crippen molar-refractivity contribution in [3.8, 4) is 0 Å². The molecule has 0 saturated carbocycles. The van der Waals surface area contributed by atoms with Gasteiger partial charge in [-0.05, 0) is 24.5 Å². The zero-order valence-electron chi connectivity index (χ0n) is 16.5. The van der Waals surface area contributed by atoms with Gasteiger partial charge in [-0.1, -0.05) is 26.0 Å². The molecule has 1 aliphatic heterocycles. The van der Waals surface area contributed by atoms with Crippen LogP contribution in [0.2, 0.25) is 0 Å². The first-order valence-electron chi connectivity index (χ1n) is 8.59. The van der Waals surface area contributed by atoms with E-state index in [0.717, 1.165) is 0 Å². The summed E-state index contributed by atoms with van der Waals surface area (Å²) in [5.41, 5.74) is -0.387. The Kier molecular flexibility index (Phi) is 8.12. The first-order valence-corrected chi connectivity index (χ1v) is 8.59. The summed E-state index contributed by atoms with van der Waals surface area (Å²) < 4.78 is 22.3. The lowest BCUT2D eigenvalue weighted by Crippen LogP contribution is -2.62. The van der Waals surface area contributed by atoms with Crippen LogP contribution in [-0.2, 0) is 33.3 Å². The minimum Gasteiger partial charge on any atom is -0.466 e. The molecule has 0 amide bonds. The predicted octanol–water partition coefficient (Wildman–Crippen LogP) is 2.51. The monoisotopic (exact) mass is 380 g/mol. The molecule has 0 aromatic carbocycles. The van der Waals surface area contributed by atoms with Gasteiger partial charge in [0, 0.05) is 25.5 Å². The highest BCUT2D eigenvalue weighted by Gasteiger charge is 2.58. The van der Waals surface area contributed by atoms with Gasteiger partial charge < -0.3 is 18.9 Å². The number of esters is 2. The Hall–Kier alpha value is -2.25. The standard InChI is InChI=1S/C20H28O7/c1-7-9-16-12-15(13-17(23)24-5)18(26-14(2)22)20(25-6,27-16)19(3,4)10-8-11-21/h7-8,10-11,13,16,18H,1,9,12H2,2-6H3/b10-8+,15-13+/t16-,18+,20-/m1/s1. The van der Waals surface area contributed by atoms with Crippen LogP contribution in [0, 0.1) is 5.41 Å². The van der Waals surface area contributed by atoms with Gasteiger partial charge in [0.15, 0.2) is 6.10 Å². The molecule has 0 aliphatic carbocycles. The van der Waals surface area contributed by atoms with Gasteiger partial charge >= 0.3 is 11.9 Å². The van der Waals surface area contributed by atoms with Gasteiger partial charge in [0.1, 0.15) is 6.29 Å². The Balaban J connectivity index is 3.62. The summed E-state index contributed by atoms with van der Waals surface area (Å²) in [7, 11) is 2.69. The number of carbonyl (C=O) groups excluding carboxylic acids is 3. The molecule has 7 nitrogen and oxygen atoms in total. The van der Waals surface area contributed by atoms with Crippen LogP contribution in [0.5, 0.6) is 0 Å². The van der Waals surface area contributed by atoms with Crippen molar-refractivity contribution in [1.29, 1.82) is 0 Å². The van der Waals surface area contributed by atoms with Gasteiger partial charge in [0.05, 0.1) is 13.2 Å². The van der Waals surface area contributed by atoms with E-state index in [1.165, 1.54) is 33.3 Å². The minimum atomic E-state index is -1.47. The van der Waals surface area contributed by atoms with Crippen molar-refractivity contribution >= 4 is 18.2 Å². The number of carbonyl (C=O) groups is 3.